The number of unbranched alkanes of at least 4 members (excludes halogenated alkanes) is 14. The zero-order valence-corrected chi connectivity index (χ0v) is 35.3. The van der Waals surface area contributed by atoms with Gasteiger partial charge in [-0.25, -0.2) is 0 Å². The number of carbonyl (C=O) groups is 2. The molecule has 1 aliphatic heterocycles. The molecule has 306 valence electrons. The molecule has 0 N–H and O–H groups in total. The number of ether oxygens (including phenoxy) is 4. The molecule has 1 saturated heterocycles. The number of likely N-dealkylation sites (N-methyl/N-ethyl adjacent to an activating group) is 1. The van der Waals surface area contributed by atoms with Crippen LogP contribution in [0.25, 0.3) is 0 Å². The Morgan fingerprint density at radius 2 is 1.30 bits per heavy atom. The van der Waals surface area contributed by atoms with Gasteiger partial charge in [0.15, 0.2) is 5.79 Å². The normalized spacial score (nSPS) is 18.0. The van der Waals surface area contributed by atoms with Gasteiger partial charge in [-0.1, -0.05) is 129 Å². The predicted octanol–water partition coefficient (Wildman–Crippen LogP) is 11.8. The number of carbonyl (C=O) groups excluding carboxylic acids is 2. The second-order valence-corrected chi connectivity index (χ2v) is 16.1. The fraction of sp³-hybridized carbons (Fsp3) is 0.848. The van der Waals surface area contributed by atoms with Gasteiger partial charge in [0.05, 0.1) is 32.3 Å². The number of allylic oxidation sites excluding steroid dienone is 1. The molecular weight excluding hydrogens is 663 g/mol. The first-order valence-electron chi connectivity index (χ1n) is 21.8. The number of hydrogen-bond acceptors (Lipinski definition) is 7. The monoisotopic (exact) mass is 744 g/mol. The minimum Gasteiger partial charge on any atom is -0.466 e. The maximum Gasteiger partial charge on any atom is 0.306 e. The van der Waals surface area contributed by atoms with E-state index in [0.29, 0.717) is 44.6 Å². The van der Waals surface area contributed by atoms with E-state index in [9.17, 15) is 9.59 Å². The third kappa shape index (κ3) is 26.4. The summed E-state index contributed by atoms with van der Waals surface area (Å²) in [5.41, 5.74) is 8.27. The van der Waals surface area contributed by atoms with Crippen molar-refractivity contribution in [3.05, 3.63) is 29.8 Å². The highest BCUT2D eigenvalue weighted by Gasteiger charge is 2.40. The predicted molar refractivity (Wildman–Crippen MR) is 219 cm³/mol. The highest BCUT2D eigenvalue weighted by molar-refractivity contribution is 5.70. The summed E-state index contributed by atoms with van der Waals surface area (Å²) in [6.45, 7) is 17.1. The Labute approximate surface area is 326 Å². The van der Waals surface area contributed by atoms with Crippen LogP contribution in [0.2, 0.25) is 0 Å². The third-order valence-electron chi connectivity index (χ3n) is 10.6. The van der Waals surface area contributed by atoms with Gasteiger partial charge in [-0.2, -0.15) is 0 Å². The van der Waals surface area contributed by atoms with Crippen LogP contribution >= 0.6 is 0 Å². The van der Waals surface area contributed by atoms with Gasteiger partial charge >= 0.3 is 11.9 Å². The number of nitrogens with zero attached hydrogens (tertiary/aromatic N) is 1. The Bertz CT molecular complexity index is 1060. The van der Waals surface area contributed by atoms with Gasteiger partial charge < -0.3 is 23.8 Å². The van der Waals surface area contributed by atoms with Gasteiger partial charge in [0.1, 0.15) is 0 Å². The second-order valence-electron chi connectivity index (χ2n) is 16.1. The Balaban J connectivity index is 2.32. The van der Waals surface area contributed by atoms with E-state index in [2.05, 4.69) is 70.3 Å². The lowest BCUT2D eigenvalue weighted by Gasteiger charge is -2.30. The fourth-order valence-corrected chi connectivity index (χ4v) is 6.98. The van der Waals surface area contributed by atoms with Crippen LogP contribution in [0.1, 0.15) is 189 Å². The molecule has 7 nitrogen and oxygen atoms in total. The summed E-state index contributed by atoms with van der Waals surface area (Å²) >= 11 is 0. The van der Waals surface area contributed by atoms with Gasteiger partial charge in [-0.3, -0.25) is 9.59 Å². The summed E-state index contributed by atoms with van der Waals surface area (Å²) < 4.78 is 24.2. The summed E-state index contributed by atoms with van der Waals surface area (Å²) in [5, 5.41) is 0. The van der Waals surface area contributed by atoms with Crippen molar-refractivity contribution in [3.8, 4) is 0 Å². The van der Waals surface area contributed by atoms with Gasteiger partial charge in [-0.05, 0) is 83.2 Å². The molecule has 0 aliphatic carbocycles. The highest BCUT2D eigenvalue weighted by atomic mass is 16.7. The molecule has 1 aliphatic rings. The van der Waals surface area contributed by atoms with Crippen molar-refractivity contribution >= 4 is 11.9 Å². The smallest absolute Gasteiger partial charge is 0.306 e. The molecule has 7 heteroatoms. The quantitative estimate of drug-likeness (QED) is 0.0369. The summed E-state index contributed by atoms with van der Waals surface area (Å²) in [7, 11) is 2.16. The van der Waals surface area contributed by atoms with Crippen LogP contribution in [0.4, 0.5) is 0 Å². The van der Waals surface area contributed by atoms with Gasteiger partial charge in [0.25, 0.3) is 0 Å². The standard InChI is InChI=1S/C46H81NO6/c1-8-11-22-29-41(6)36-44(48)50-34-27-20-16-14-18-25-32-46(52-39-43(53-46)38-47(7)40(4)5)33-26-19-15-17-21-28-35-51-45(49)37-42(30-23-12-9-2)31-24-13-10-3/h30,40-43H,2,8,10-11,13-22,24-29,31-39H2,1,3-7H3. The molecule has 53 heavy (non-hydrogen) atoms. The van der Waals surface area contributed by atoms with Crippen molar-refractivity contribution in [1.82, 2.24) is 4.90 Å². The van der Waals surface area contributed by atoms with E-state index in [4.69, 9.17) is 18.9 Å². The zero-order chi connectivity index (χ0) is 39.0. The molecule has 1 heterocycles. The average molecular weight is 744 g/mol. The van der Waals surface area contributed by atoms with Crippen LogP contribution in [-0.4, -0.2) is 68.2 Å². The maximum atomic E-state index is 12.4. The molecule has 0 saturated carbocycles. The Hall–Kier alpha value is -2.10. The molecule has 1 fully saturated rings. The van der Waals surface area contributed by atoms with Gasteiger partial charge in [0, 0.05) is 31.8 Å². The van der Waals surface area contributed by atoms with Crippen LogP contribution in [0.5, 0.6) is 0 Å². The van der Waals surface area contributed by atoms with E-state index in [1.54, 1.807) is 0 Å². The molecule has 0 aromatic rings. The van der Waals surface area contributed by atoms with Crippen molar-refractivity contribution in [2.45, 2.75) is 207 Å². The average Bonchev–Trinajstić information content (AvgIpc) is 3.52. The van der Waals surface area contributed by atoms with E-state index in [1.807, 2.05) is 6.08 Å². The Morgan fingerprint density at radius 1 is 0.774 bits per heavy atom. The molecule has 0 aromatic heterocycles. The summed E-state index contributed by atoms with van der Waals surface area (Å²) in [6.07, 6.45) is 27.3. The van der Waals surface area contributed by atoms with Crippen molar-refractivity contribution in [1.29, 1.82) is 0 Å². The van der Waals surface area contributed by atoms with Crippen LogP contribution in [-0.2, 0) is 28.5 Å². The molecule has 0 amide bonds. The van der Waals surface area contributed by atoms with Crippen molar-refractivity contribution in [2.75, 3.05) is 33.4 Å². The first-order chi connectivity index (χ1) is 25.6. The first-order valence-corrected chi connectivity index (χ1v) is 21.8. The zero-order valence-electron chi connectivity index (χ0n) is 35.3. The van der Waals surface area contributed by atoms with Crippen LogP contribution in [0.3, 0.4) is 0 Å². The van der Waals surface area contributed by atoms with Crippen LogP contribution < -0.4 is 0 Å². The topological polar surface area (TPSA) is 74.3 Å². The fourth-order valence-electron chi connectivity index (χ4n) is 6.98. The van der Waals surface area contributed by atoms with E-state index >= 15 is 0 Å². The summed E-state index contributed by atoms with van der Waals surface area (Å²) in [6, 6.07) is 0.479. The number of hydrogen-bond donors (Lipinski definition) is 0. The lowest BCUT2D eigenvalue weighted by Crippen LogP contribution is -2.37. The van der Waals surface area contributed by atoms with Crippen molar-refractivity contribution < 1.29 is 28.5 Å². The van der Waals surface area contributed by atoms with Gasteiger partial charge in [0.2, 0.25) is 0 Å². The van der Waals surface area contributed by atoms with E-state index in [-0.39, 0.29) is 24.0 Å². The summed E-state index contributed by atoms with van der Waals surface area (Å²) in [4.78, 5) is 26.9. The molecule has 0 bridgehead atoms. The molecule has 0 spiro atoms. The maximum absolute atomic E-state index is 12.4. The molecule has 1 rings (SSSR count). The molecule has 0 aromatic carbocycles. The highest BCUT2D eigenvalue weighted by Crippen LogP contribution is 2.35. The van der Waals surface area contributed by atoms with Crippen LogP contribution in [0.15, 0.2) is 29.8 Å². The SMILES string of the molecule is C=C=C=C=CC(CCCCC)CC(=O)OCCCCCCCCC1(CCCCCCCCOC(=O)CC(C)CCCCC)OCC(CN(C)C(C)C)O1. The van der Waals surface area contributed by atoms with Crippen molar-refractivity contribution in [2.24, 2.45) is 11.8 Å². The minimum absolute atomic E-state index is 0.0333. The Kier molecular flexibility index (Phi) is 29.7. The first kappa shape index (κ1) is 48.9. The lowest BCUT2D eigenvalue weighted by molar-refractivity contribution is -0.180. The third-order valence-corrected chi connectivity index (χ3v) is 10.6. The minimum atomic E-state index is -0.458. The molecular formula is C46H81NO6. The number of rotatable bonds is 34. The molecule has 0 radical (unpaired) electrons. The van der Waals surface area contributed by atoms with E-state index in [1.165, 1.54) is 51.4 Å². The summed E-state index contributed by atoms with van der Waals surface area (Å²) in [5.74, 6) is -0.0648. The molecule has 4 unspecified atom stereocenters. The Morgan fingerprint density at radius 3 is 1.85 bits per heavy atom. The largest absolute Gasteiger partial charge is 0.466 e. The lowest BCUT2D eigenvalue weighted by atomic mass is 9.98. The number of esters is 2. The van der Waals surface area contributed by atoms with E-state index in [0.717, 1.165) is 96.4 Å². The van der Waals surface area contributed by atoms with Gasteiger partial charge in [-0.15, -0.1) is 0 Å². The molecule has 4 atom stereocenters. The van der Waals surface area contributed by atoms with E-state index < -0.39 is 5.79 Å². The van der Waals surface area contributed by atoms with Crippen molar-refractivity contribution in [3.63, 3.8) is 0 Å². The second kappa shape index (κ2) is 32.2. The van der Waals surface area contributed by atoms with Crippen LogP contribution in [0, 0.1) is 11.8 Å².